The molecule has 112 valence electrons. The number of carbonyl (C=O) groups excluding carboxylic acids is 2. The Morgan fingerprint density at radius 3 is 1.95 bits per heavy atom. The lowest BCUT2D eigenvalue weighted by atomic mass is 10.2. The van der Waals surface area contributed by atoms with Crippen LogP contribution in [0.3, 0.4) is 0 Å². The lowest BCUT2D eigenvalue weighted by molar-refractivity contribution is -0.150. The van der Waals surface area contributed by atoms with Crippen molar-refractivity contribution in [3.8, 4) is 0 Å². The minimum absolute atomic E-state index is 0.0310. The van der Waals surface area contributed by atoms with E-state index >= 15 is 0 Å². The molecule has 0 spiro atoms. The van der Waals surface area contributed by atoms with Gasteiger partial charge >= 0.3 is 11.9 Å². The average molecular weight is 272 g/mol. The number of rotatable bonds is 10. The van der Waals surface area contributed by atoms with Crippen molar-refractivity contribution in [3.05, 3.63) is 0 Å². The Morgan fingerprint density at radius 2 is 1.47 bits per heavy atom. The van der Waals surface area contributed by atoms with Gasteiger partial charge in [-0.2, -0.15) is 0 Å². The number of ether oxygens (including phenoxy) is 2. The van der Waals surface area contributed by atoms with Gasteiger partial charge in [-0.3, -0.25) is 9.59 Å². The summed E-state index contributed by atoms with van der Waals surface area (Å²) < 4.78 is 10.3. The molecule has 0 saturated heterocycles. The van der Waals surface area contributed by atoms with Crippen LogP contribution < -0.4 is 0 Å². The maximum absolute atomic E-state index is 11.5. The molecular formula is C15H28O4. The third kappa shape index (κ3) is 10.5. The summed E-state index contributed by atoms with van der Waals surface area (Å²) in [4.78, 5) is 22.8. The van der Waals surface area contributed by atoms with Gasteiger partial charge in [0.05, 0.1) is 6.61 Å². The van der Waals surface area contributed by atoms with Crippen LogP contribution >= 0.6 is 0 Å². The van der Waals surface area contributed by atoms with E-state index in [1.54, 1.807) is 0 Å². The second-order valence-electron chi connectivity index (χ2n) is 5.21. The highest BCUT2D eigenvalue weighted by Gasteiger charge is 2.11. The molecule has 0 heterocycles. The van der Waals surface area contributed by atoms with Crippen LogP contribution in [0.2, 0.25) is 0 Å². The highest BCUT2D eigenvalue weighted by atomic mass is 16.5. The predicted octanol–water partition coefficient (Wildman–Crippen LogP) is 3.48. The number of esters is 2. The van der Waals surface area contributed by atoms with E-state index in [1.807, 2.05) is 27.7 Å². The smallest absolute Gasteiger partial charge is 0.306 e. The van der Waals surface area contributed by atoms with Gasteiger partial charge in [0, 0.05) is 12.8 Å². The summed E-state index contributed by atoms with van der Waals surface area (Å²) >= 11 is 0. The molecule has 0 aliphatic rings. The zero-order valence-corrected chi connectivity index (χ0v) is 12.7. The molecule has 0 aromatic rings. The zero-order valence-electron chi connectivity index (χ0n) is 12.7. The molecule has 0 unspecified atom stereocenters. The molecule has 0 aliphatic carbocycles. The quantitative estimate of drug-likeness (QED) is 0.451. The van der Waals surface area contributed by atoms with Gasteiger partial charge in [-0.05, 0) is 31.6 Å². The normalized spacial score (nSPS) is 10.8. The van der Waals surface area contributed by atoms with Crippen LogP contribution in [0.5, 0.6) is 0 Å². The Morgan fingerprint density at radius 1 is 0.947 bits per heavy atom. The van der Waals surface area contributed by atoms with Crippen molar-refractivity contribution >= 4 is 11.9 Å². The van der Waals surface area contributed by atoms with E-state index in [4.69, 9.17) is 9.47 Å². The van der Waals surface area contributed by atoms with Crippen molar-refractivity contribution < 1.29 is 19.1 Å². The number of hydrogen-bond acceptors (Lipinski definition) is 4. The van der Waals surface area contributed by atoms with Gasteiger partial charge in [0.2, 0.25) is 0 Å². The molecule has 0 fully saturated rings. The van der Waals surface area contributed by atoms with Crippen LogP contribution in [0.15, 0.2) is 0 Å². The summed E-state index contributed by atoms with van der Waals surface area (Å²) in [6, 6.07) is 0. The van der Waals surface area contributed by atoms with E-state index in [9.17, 15) is 9.59 Å². The van der Waals surface area contributed by atoms with Crippen molar-refractivity contribution in [2.24, 2.45) is 5.92 Å². The summed E-state index contributed by atoms with van der Waals surface area (Å²) in [7, 11) is 0. The molecule has 0 bridgehead atoms. The summed E-state index contributed by atoms with van der Waals surface area (Å²) in [5.41, 5.74) is 0. The highest BCUT2D eigenvalue weighted by Crippen LogP contribution is 2.08. The second kappa shape index (κ2) is 10.8. The minimum atomic E-state index is -0.179. The van der Waals surface area contributed by atoms with Crippen molar-refractivity contribution in [1.29, 1.82) is 0 Å². The molecule has 0 atom stereocenters. The lowest BCUT2D eigenvalue weighted by Crippen LogP contribution is -2.16. The van der Waals surface area contributed by atoms with Crippen LogP contribution in [0.1, 0.15) is 66.2 Å². The zero-order chi connectivity index (χ0) is 14.7. The second-order valence-corrected chi connectivity index (χ2v) is 5.21. The van der Waals surface area contributed by atoms with Crippen LogP contribution in [0.25, 0.3) is 0 Å². The van der Waals surface area contributed by atoms with Crippen molar-refractivity contribution in [2.75, 3.05) is 6.61 Å². The molecule has 0 aromatic heterocycles. The first-order valence-corrected chi connectivity index (χ1v) is 7.34. The fourth-order valence-electron chi connectivity index (χ4n) is 1.57. The van der Waals surface area contributed by atoms with Gasteiger partial charge in [-0.25, -0.2) is 0 Å². The van der Waals surface area contributed by atoms with E-state index in [-0.39, 0.29) is 18.0 Å². The SMILES string of the molecule is CCC(CC)OC(=O)CCCCC(=O)OCC(C)C. The van der Waals surface area contributed by atoms with E-state index in [0.717, 1.165) is 12.8 Å². The molecule has 19 heavy (non-hydrogen) atoms. The van der Waals surface area contributed by atoms with Crippen LogP contribution in [0, 0.1) is 5.92 Å². The van der Waals surface area contributed by atoms with Crippen molar-refractivity contribution in [2.45, 2.75) is 72.3 Å². The van der Waals surface area contributed by atoms with Gasteiger partial charge in [0.25, 0.3) is 0 Å². The number of carbonyl (C=O) groups is 2. The minimum Gasteiger partial charge on any atom is -0.465 e. The van der Waals surface area contributed by atoms with Crippen LogP contribution in [-0.4, -0.2) is 24.6 Å². The Labute approximate surface area is 116 Å². The Balaban J connectivity index is 3.57. The molecule has 4 nitrogen and oxygen atoms in total. The molecule has 0 aliphatic heterocycles. The third-order valence-corrected chi connectivity index (χ3v) is 2.80. The molecule has 0 amide bonds. The first kappa shape index (κ1) is 17.9. The first-order valence-electron chi connectivity index (χ1n) is 7.34. The molecule has 0 aromatic carbocycles. The lowest BCUT2D eigenvalue weighted by Gasteiger charge is -2.13. The maximum atomic E-state index is 11.5. The monoisotopic (exact) mass is 272 g/mol. The Bertz CT molecular complexity index is 257. The molecule has 0 rings (SSSR count). The topological polar surface area (TPSA) is 52.6 Å². The van der Waals surface area contributed by atoms with Gasteiger partial charge in [0.15, 0.2) is 0 Å². The van der Waals surface area contributed by atoms with Gasteiger partial charge < -0.3 is 9.47 Å². The summed E-state index contributed by atoms with van der Waals surface area (Å²) in [6.45, 7) is 8.48. The van der Waals surface area contributed by atoms with Crippen molar-refractivity contribution in [1.82, 2.24) is 0 Å². The average Bonchev–Trinajstić information content (AvgIpc) is 2.38. The predicted molar refractivity (Wildman–Crippen MR) is 74.7 cm³/mol. The van der Waals surface area contributed by atoms with Crippen LogP contribution in [0.4, 0.5) is 0 Å². The Kier molecular flexibility index (Phi) is 10.2. The van der Waals surface area contributed by atoms with Crippen molar-refractivity contribution in [3.63, 3.8) is 0 Å². The Hall–Kier alpha value is -1.06. The van der Waals surface area contributed by atoms with Crippen LogP contribution in [-0.2, 0) is 19.1 Å². The summed E-state index contributed by atoms with van der Waals surface area (Å²) in [5, 5.41) is 0. The summed E-state index contributed by atoms with van der Waals surface area (Å²) in [5.74, 6) is 0.0188. The number of unbranched alkanes of at least 4 members (excludes halogenated alkanes) is 1. The van der Waals surface area contributed by atoms with E-state index in [1.165, 1.54) is 0 Å². The van der Waals surface area contributed by atoms with E-state index < -0.39 is 0 Å². The molecule has 0 N–H and O–H groups in total. The standard InChI is InChI=1S/C15H28O4/c1-5-13(6-2)19-15(17)10-8-7-9-14(16)18-11-12(3)4/h12-13H,5-11H2,1-4H3. The fourth-order valence-corrected chi connectivity index (χ4v) is 1.57. The molecule has 4 heteroatoms. The highest BCUT2D eigenvalue weighted by molar-refractivity contribution is 5.70. The fraction of sp³-hybridized carbons (Fsp3) is 0.867. The third-order valence-electron chi connectivity index (χ3n) is 2.80. The van der Waals surface area contributed by atoms with E-state index in [2.05, 4.69) is 0 Å². The first-order chi connectivity index (χ1) is 8.99. The largest absolute Gasteiger partial charge is 0.465 e. The van der Waals surface area contributed by atoms with E-state index in [0.29, 0.717) is 38.2 Å². The molecular weight excluding hydrogens is 244 g/mol. The van der Waals surface area contributed by atoms with Gasteiger partial charge in [-0.15, -0.1) is 0 Å². The number of hydrogen-bond donors (Lipinski definition) is 0. The molecule has 0 saturated carbocycles. The molecule has 0 radical (unpaired) electrons. The summed E-state index contributed by atoms with van der Waals surface area (Å²) in [6.07, 6.45) is 3.85. The maximum Gasteiger partial charge on any atom is 0.306 e. The van der Waals surface area contributed by atoms with Gasteiger partial charge in [-0.1, -0.05) is 27.7 Å². The van der Waals surface area contributed by atoms with Gasteiger partial charge in [0.1, 0.15) is 6.10 Å².